The number of hydrogen-bond acceptors (Lipinski definition) is 6. The number of aliphatic carboxylic acids is 1. The van der Waals surface area contributed by atoms with Gasteiger partial charge in [-0.3, -0.25) is 4.79 Å². The Balaban J connectivity index is 0.000000534. The molecule has 1 aromatic carbocycles. The summed E-state index contributed by atoms with van der Waals surface area (Å²) in [4.78, 5) is 36.6. The number of alkyl halides is 1. The van der Waals surface area contributed by atoms with Crippen LogP contribution in [0, 0.1) is 11.6 Å². The zero-order chi connectivity index (χ0) is 24.2. The van der Waals surface area contributed by atoms with E-state index >= 15 is 4.39 Å². The molecule has 0 bridgehead atoms. The van der Waals surface area contributed by atoms with Crippen molar-refractivity contribution in [3.63, 3.8) is 0 Å². The Morgan fingerprint density at radius 1 is 1.16 bits per heavy atom. The van der Waals surface area contributed by atoms with Gasteiger partial charge in [0.15, 0.2) is 5.82 Å². The molecule has 1 aromatic heterocycles. The molecule has 1 unspecified atom stereocenters. The summed E-state index contributed by atoms with van der Waals surface area (Å²) in [6.07, 6.45) is -0.327. The molecule has 3 rings (SSSR count). The number of rotatable bonds is 5. The van der Waals surface area contributed by atoms with Crippen molar-refractivity contribution in [2.45, 2.75) is 19.6 Å². The summed E-state index contributed by atoms with van der Waals surface area (Å²) in [6.45, 7) is 1.99. The number of carboxylic acids is 2. The molecule has 176 valence electrons. The molecule has 1 fully saturated rings. The molecule has 1 atom stereocenters. The third kappa shape index (κ3) is 5.37. The van der Waals surface area contributed by atoms with E-state index in [4.69, 9.17) is 15.3 Å². The van der Waals surface area contributed by atoms with Gasteiger partial charge in [0.2, 0.25) is 5.43 Å². The topological polar surface area (TPSA) is 123 Å². The first-order chi connectivity index (χ1) is 15.0. The number of aryl methyl sites for hydroxylation is 1. The van der Waals surface area contributed by atoms with Crippen LogP contribution in [0.4, 0.5) is 18.9 Å². The number of aliphatic hydroxyl groups is 1. The fraction of sp³-hybridized carbons (Fsp3) is 0.450. The van der Waals surface area contributed by atoms with Gasteiger partial charge in [0.05, 0.1) is 17.4 Å². The Morgan fingerprint density at radius 2 is 1.72 bits per heavy atom. The van der Waals surface area contributed by atoms with Crippen molar-refractivity contribution in [3.05, 3.63) is 39.7 Å². The number of aromatic carboxylic acids is 1. The van der Waals surface area contributed by atoms with Gasteiger partial charge in [-0.25, -0.2) is 22.8 Å². The van der Waals surface area contributed by atoms with Gasteiger partial charge in [-0.15, -0.1) is 0 Å². The average molecular weight is 459 g/mol. The number of piperazine rings is 1. The lowest BCUT2D eigenvalue weighted by Crippen LogP contribution is -2.45. The summed E-state index contributed by atoms with van der Waals surface area (Å²) in [7, 11) is 1.90. The minimum absolute atomic E-state index is 0.277. The number of halogens is 3. The van der Waals surface area contributed by atoms with Crippen LogP contribution in [-0.2, 0) is 11.3 Å². The number of aromatic nitrogens is 1. The first-order valence-electron chi connectivity index (χ1n) is 9.68. The summed E-state index contributed by atoms with van der Waals surface area (Å²) in [6, 6.07) is 0.843. The molecule has 0 radical (unpaired) electrons. The van der Waals surface area contributed by atoms with E-state index in [0.717, 1.165) is 16.8 Å². The van der Waals surface area contributed by atoms with Gasteiger partial charge in [-0.1, -0.05) is 0 Å². The third-order valence-corrected chi connectivity index (χ3v) is 4.96. The number of anilines is 1. The maximum atomic E-state index is 15.2. The Labute approximate surface area is 180 Å². The molecule has 0 amide bonds. The zero-order valence-corrected chi connectivity index (χ0v) is 17.5. The molecule has 3 N–H and O–H groups in total. The van der Waals surface area contributed by atoms with Crippen LogP contribution in [0.2, 0.25) is 0 Å². The van der Waals surface area contributed by atoms with Crippen molar-refractivity contribution in [3.8, 4) is 0 Å². The van der Waals surface area contributed by atoms with Gasteiger partial charge in [-0.05, 0) is 20.0 Å². The summed E-state index contributed by atoms with van der Waals surface area (Å²) >= 11 is 0. The number of carboxylic acid groups (broad SMARTS) is 2. The molecule has 12 heteroatoms. The average Bonchev–Trinajstić information content (AvgIpc) is 2.71. The smallest absolute Gasteiger partial charge is 0.341 e. The predicted octanol–water partition coefficient (Wildman–Crippen LogP) is 1.15. The van der Waals surface area contributed by atoms with Crippen LogP contribution in [0.1, 0.15) is 17.3 Å². The van der Waals surface area contributed by atoms with Crippen LogP contribution < -0.4 is 10.3 Å². The van der Waals surface area contributed by atoms with Gasteiger partial charge >= 0.3 is 11.9 Å². The van der Waals surface area contributed by atoms with Gasteiger partial charge in [0.1, 0.15) is 29.8 Å². The van der Waals surface area contributed by atoms with Gasteiger partial charge < -0.3 is 29.7 Å². The maximum absolute atomic E-state index is 15.2. The standard InChI is InChI=1S/C17H18F3N3O3.C3H6O3/c1-21-4-6-22(7-5-21)15-12(19)8-10-14(13(15)20)23(3-2-18)9-11(16(10)24)17(25)26;1-2(4)3(5)6/h8-9H,2-7H2,1H3,(H,25,26);2,4H,1H3,(H,5,6). The number of aliphatic hydroxyl groups excluding tert-OH is 1. The van der Waals surface area contributed by atoms with E-state index in [1.165, 1.54) is 6.92 Å². The van der Waals surface area contributed by atoms with Crippen molar-refractivity contribution in [2.75, 3.05) is 44.8 Å². The van der Waals surface area contributed by atoms with Crippen molar-refractivity contribution < 1.29 is 38.1 Å². The van der Waals surface area contributed by atoms with E-state index in [-0.39, 0.29) is 17.7 Å². The van der Waals surface area contributed by atoms with Crippen molar-refractivity contribution >= 4 is 28.5 Å². The molecule has 1 aliphatic rings. The van der Waals surface area contributed by atoms with E-state index in [2.05, 4.69) is 0 Å². The van der Waals surface area contributed by atoms with Crippen LogP contribution in [0.25, 0.3) is 10.9 Å². The molecule has 1 aliphatic heterocycles. The van der Waals surface area contributed by atoms with Crippen LogP contribution >= 0.6 is 0 Å². The zero-order valence-electron chi connectivity index (χ0n) is 17.5. The Morgan fingerprint density at radius 3 is 2.19 bits per heavy atom. The molecule has 9 nitrogen and oxygen atoms in total. The first kappa shape index (κ1) is 25.1. The Hall–Kier alpha value is -3.12. The SMILES string of the molecule is CC(O)C(=O)O.CN1CCN(c2c(F)cc3c(=O)c(C(=O)O)cn(CCF)c3c2F)CC1. The number of hydrogen-bond donors (Lipinski definition) is 3. The lowest BCUT2D eigenvalue weighted by Gasteiger charge is -2.34. The van der Waals surface area contributed by atoms with E-state index in [0.29, 0.717) is 26.2 Å². The van der Waals surface area contributed by atoms with Crippen LogP contribution in [0.5, 0.6) is 0 Å². The number of benzene rings is 1. The summed E-state index contributed by atoms with van der Waals surface area (Å²) in [5.74, 6) is -4.64. The highest BCUT2D eigenvalue weighted by Crippen LogP contribution is 2.30. The normalized spacial score (nSPS) is 15.2. The molecular weight excluding hydrogens is 435 g/mol. The molecule has 2 heterocycles. The second kappa shape index (κ2) is 10.5. The highest BCUT2D eigenvalue weighted by atomic mass is 19.1. The molecular formula is C20H24F3N3O6. The van der Waals surface area contributed by atoms with E-state index in [1.807, 2.05) is 11.9 Å². The second-order valence-electron chi connectivity index (χ2n) is 7.28. The van der Waals surface area contributed by atoms with Crippen LogP contribution in [0.3, 0.4) is 0 Å². The summed E-state index contributed by atoms with van der Waals surface area (Å²) in [5, 5.41) is 24.5. The first-order valence-corrected chi connectivity index (χ1v) is 9.68. The van der Waals surface area contributed by atoms with Crippen molar-refractivity contribution in [1.29, 1.82) is 0 Å². The van der Waals surface area contributed by atoms with E-state index < -0.39 is 52.7 Å². The minimum atomic E-state index is -1.53. The second-order valence-corrected chi connectivity index (χ2v) is 7.28. The molecule has 0 aliphatic carbocycles. The molecule has 2 aromatic rings. The highest BCUT2D eigenvalue weighted by Gasteiger charge is 2.26. The minimum Gasteiger partial charge on any atom is -0.479 e. The molecule has 0 spiro atoms. The quantitative estimate of drug-likeness (QED) is 0.609. The highest BCUT2D eigenvalue weighted by molar-refractivity contribution is 5.93. The molecule has 32 heavy (non-hydrogen) atoms. The van der Waals surface area contributed by atoms with Crippen LogP contribution in [-0.4, -0.2) is 82.7 Å². The maximum Gasteiger partial charge on any atom is 0.341 e. The van der Waals surface area contributed by atoms with Crippen LogP contribution in [0.15, 0.2) is 17.1 Å². The third-order valence-electron chi connectivity index (χ3n) is 4.96. The largest absolute Gasteiger partial charge is 0.479 e. The number of likely N-dealkylation sites (N-methyl/N-ethyl adjacent to an activating group) is 1. The van der Waals surface area contributed by atoms with Crippen molar-refractivity contribution in [1.82, 2.24) is 9.47 Å². The van der Waals surface area contributed by atoms with E-state index in [1.54, 1.807) is 4.90 Å². The number of fused-ring (bicyclic) bond motifs is 1. The van der Waals surface area contributed by atoms with Gasteiger partial charge in [-0.2, -0.15) is 0 Å². The van der Waals surface area contributed by atoms with Gasteiger partial charge in [0.25, 0.3) is 0 Å². The lowest BCUT2D eigenvalue weighted by molar-refractivity contribution is -0.145. The summed E-state index contributed by atoms with van der Waals surface area (Å²) < 4.78 is 43.7. The predicted molar refractivity (Wildman–Crippen MR) is 110 cm³/mol. The van der Waals surface area contributed by atoms with Crippen molar-refractivity contribution in [2.24, 2.45) is 0 Å². The lowest BCUT2D eigenvalue weighted by atomic mass is 10.1. The molecule has 0 saturated carbocycles. The number of carbonyl (C=O) groups is 2. The Kier molecular flexibility index (Phi) is 8.22. The van der Waals surface area contributed by atoms with Gasteiger partial charge in [0, 0.05) is 32.4 Å². The molecule has 1 saturated heterocycles. The fourth-order valence-electron chi connectivity index (χ4n) is 3.22. The number of nitrogens with zero attached hydrogens (tertiary/aromatic N) is 3. The number of pyridine rings is 1. The monoisotopic (exact) mass is 459 g/mol. The fourth-order valence-corrected chi connectivity index (χ4v) is 3.22. The Bertz CT molecular complexity index is 1060. The summed E-state index contributed by atoms with van der Waals surface area (Å²) in [5.41, 5.74) is -2.21. The van der Waals surface area contributed by atoms with E-state index in [9.17, 15) is 23.2 Å².